The molecule has 7 heteroatoms. The number of halogens is 1. The van der Waals surface area contributed by atoms with Gasteiger partial charge in [-0.2, -0.15) is 0 Å². The third-order valence-electron chi connectivity index (χ3n) is 5.30. The van der Waals surface area contributed by atoms with Gasteiger partial charge in [-0.3, -0.25) is 9.59 Å². The van der Waals surface area contributed by atoms with Crippen LogP contribution in [0.25, 0.3) is 0 Å². The summed E-state index contributed by atoms with van der Waals surface area (Å²) in [6.45, 7) is 6.45. The quantitative estimate of drug-likeness (QED) is 0.804. The second-order valence-electron chi connectivity index (χ2n) is 7.21. The molecule has 0 unspecified atom stereocenters. The van der Waals surface area contributed by atoms with E-state index in [9.17, 15) is 9.59 Å². The average Bonchev–Trinajstić information content (AvgIpc) is 2.69. The number of hydrogen-bond acceptors (Lipinski definition) is 4. The van der Waals surface area contributed by atoms with Crippen LogP contribution in [0.4, 0.5) is 5.69 Å². The lowest BCUT2D eigenvalue weighted by Gasteiger charge is -2.27. The van der Waals surface area contributed by atoms with Crippen molar-refractivity contribution in [3.05, 3.63) is 29.3 Å². The highest BCUT2D eigenvalue weighted by Crippen LogP contribution is 2.21. The summed E-state index contributed by atoms with van der Waals surface area (Å²) in [4.78, 5) is 26.8. The van der Waals surface area contributed by atoms with Crippen LogP contribution < -0.4 is 10.6 Å². The molecule has 0 atom stereocenters. The largest absolute Gasteiger partial charge is 0.378 e. The second kappa shape index (κ2) is 10.6. The zero-order chi connectivity index (χ0) is 18.4. The molecule has 2 saturated heterocycles. The Kier molecular flexibility index (Phi) is 8.54. The van der Waals surface area contributed by atoms with E-state index in [4.69, 9.17) is 4.74 Å². The van der Waals surface area contributed by atoms with Gasteiger partial charge in [-0.05, 0) is 62.9 Å². The van der Waals surface area contributed by atoms with Crippen LogP contribution >= 0.6 is 12.4 Å². The molecule has 6 nitrogen and oxygen atoms in total. The van der Waals surface area contributed by atoms with E-state index in [2.05, 4.69) is 10.6 Å². The number of carbonyl (C=O) groups is 2. The monoisotopic (exact) mass is 395 g/mol. The van der Waals surface area contributed by atoms with Crippen molar-refractivity contribution in [1.29, 1.82) is 0 Å². The first kappa shape index (κ1) is 21.7. The summed E-state index contributed by atoms with van der Waals surface area (Å²) in [5.41, 5.74) is 2.32. The molecule has 2 N–H and O–H groups in total. The molecule has 1 aromatic carbocycles. The summed E-state index contributed by atoms with van der Waals surface area (Å²) < 4.78 is 5.30. The number of morpholine rings is 1. The number of nitrogens with zero attached hydrogens (tertiary/aromatic N) is 1. The van der Waals surface area contributed by atoms with Crippen LogP contribution in [0.15, 0.2) is 18.2 Å². The first-order chi connectivity index (χ1) is 12.6. The Labute approximate surface area is 167 Å². The standard InChI is InChI=1S/C20H29N3O3.ClH/c1-15-2-4-17(20(25)23-10-12-26-13-11-23)14-18(15)22-19(24)5-3-16-6-8-21-9-7-16;/h2,4,14,16,21H,3,5-13H2,1H3,(H,22,24);1H. The van der Waals surface area contributed by atoms with Gasteiger partial charge in [0, 0.05) is 30.8 Å². The number of piperidine rings is 1. The summed E-state index contributed by atoms with van der Waals surface area (Å²) in [6, 6.07) is 5.53. The molecular formula is C20H30ClN3O3. The molecule has 150 valence electrons. The smallest absolute Gasteiger partial charge is 0.254 e. The average molecular weight is 396 g/mol. The Morgan fingerprint density at radius 3 is 2.63 bits per heavy atom. The highest BCUT2D eigenvalue weighted by Gasteiger charge is 2.20. The minimum Gasteiger partial charge on any atom is -0.378 e. The topological polar surface area (TPSA) is 70.7 Å². The summed E-state index contributed by atoms with van der Waals surface area (Å²) in [5, 5.41) is 6.35. The maximum Gasteiger partial charge on any atom is 0.254 e. The number of carbonyl (C=O) groups excluding carboxylic acids is 2. The predicted molar refractivity (Wildman–Crippen MR) is 109 cm³/mol. The molecule has 3 rings (SSSR count). The SMILES string of the molecule is Cc1ccc(C(=O)N2CCOCC2)cc1NC(=O)CCC1CCNCC1.Cl. The van der Waals surface area contributed by atoms with Crippen LogP contribution in [-0.2, 0) is 9.53 Å². The highest BCUT2D eigenvalue weighted by atomic mass is 35.5. The Balaban J connectivity index is 0.00000261. The van der Waals surface area contributed by atoms with Crippen molar-refractivity contribution in [3.63, 3.8) is 0 Å². The fraction of sp³-hybridized carbons (Fsp3) is 0.600. The molecule has 27 heavy (non-hydrogen) atoms. The van der Waals surface area contributed by atoms with Crippen LogP contribution in [-0.4, -0.2) is 56.1 Å². The van der Waals surface area contributed by atoms with Gasteiger partial charge in [0.2, 0.25) is 5.91 Å². The van der Waals surface area contributed by atoms with Gasteiger partial charge >= 0.3 is 0 Å². The number of aryl methyl sites for hydroxylation is 1. The van der Waals surface area contributed by atoms with E-state index in [0.29, 0.717) is 44.2 Å². The fourth-order valence-electron chi connectivity index (χ4n) is 3.56. The molecule has 0 aliphatic carbocycles. The first-order valence-electron chi connectivity index (χ1n) is 9.62. The van der Waals surface area contributed by atoms with Gasteiger partial charge in [-0.15, -0.1) is 12.4 Å². The van der Waals surface area contributed by atoms with E-state index < -0.39 is 0 Å². The van der Waals surface area contributed by atoms with Gasteiger partial charge in [-0.25, -0.2) is 0 Å². The molecule has 0 saturated carbocycles. The summed E-state index contributed by atoms with van der Waals surface area (Å²) in [5.74, 6) is 0.665. The fourth-order valence-corrected chi connectivity index (χ4v) is 3.56. The minimum atomic E-state index is -0.00138. The third kappa shape index (κ3) is 6.19. The number of anilines is 1. The van der Waals surface area contributed by atoms with Gasteiger partial charge in [0.15, 0.2) is 0 Å². The van der Waals surface area contributed by atoms with E-state index in [1.165, 1.54) is 0 Å². The zero-order valence-corrected chi connectivity index (χ0v) is 16.8. The Morgan fingerprint density at radius 2 is 1.93 bits per heavy atom. The zero-order valence-electron chi connectivity index (χ0n) is 16.0. The van der Waals surface area contributed by atoms with E-state index >= 15 is 0 Å². The molecule has 0 radical (unpaired) electrons. The second-order valence-corrected chi connectivity index (χ2v) is 7.21. The first-order valence-corrected chi connectivity index (χ1v) is 9.62. The summed E-state index contributed by atoms with van der Waals surface area (Å²) in [7, 11) is 0. The van der Waals surface area contributed by atoms with Gasteiger partial charge in [0.05, 0.1) is 13.2 Å². The lowest BCUT2D eigenvalue weighted by Crippen LogP contribution is -2.40. The number of hydrogen-bond donors (Lipinski definition) is 2. The predicted octanol–water partition coefficient (Wildman–Crippen LogP) is 2.61. The van der Waals surface area contributed by atoms with Gasteiger partial charge in [0.1, 0.15) is 0 Å². The lowest BCUT2D eigenvalue weighted by atomic mass is 9.93. The molecule has 2 amide bonds. The lowest BCUT2D eigenvalue weighted by molar-refractivity contribution is -0.116. The van der Waals surface area contributed by atoms with E-state index in [1.807, 2.05) is 19.1 Å². The molecule has 0 bridgehead atoms. The van der Waals surface area contributed by atoms with E-state index in [1.54, 1.807) is 11.0 Å². The highest BCUT2D eigenvalue weighted by molar-refractivity contribution is 5.97. The normalized spacial score (nSPS) is 17.9. The van der Waals surface area contributed by atoms with Gasteiger partial charge < -0.3 is 20.3 Å². The van der Waals surface area contributed by atoms with Crippen molar-refractivity contribution >= 4 is 29.9 Å². The van der Waals surface area contributed by atoms with Crippen LogP contribution in [0, 0.1) is 12.8 Å². The Hall–Kier alpha value is -1.63. The van der Waals surface area contributed by atoms with Crippen LogP contribution in [0.3, 0.4) is 0 Å². The molecule has 2 fully saturated rings. The van der Waals surface area contributed by atoms with Crippen molar-refractivity contribution in [2.24, 2.45) is 5.92 Å². The molecule has 2 aliphatic rings. The number of nitrogens with one attached hydrogen (secondary N) is 2. The van der Waals surface area contributed by atoms with Crippen molar-refractivity contribution in [3.8, 4) is 0 Å². The number of rotatable bonds is 5. The van der Waals surface area contributed by atoms with Crippen molar-refractivity contribution in [2.75, 3.05) is 44.7 Å². The van der Waals surface area contributed by atoms with Crippen LogP contribution in [0.2, 0.25) is 0 Å². The number of ether oxygens (including phenoxy) is 1. The maximum absolute atomic E-state index is 12.6. The van der Waals surface area contributed by atoms with Gasteiger partial charge in [-0.1, -0.05) is 6.07 Å². The maximum atomic E-state index is 12.6. The molecular weight excluding hydrogens is 366 g/mol. The van der Waals surface area contributed by atoms with Gasteiger partial charge in [0.25, 0.3) is 5.91 Å². The van der Waals surface area contributed by atoms with Crippen molar-refractivity contribution < 1.29 is 14.3 Å². The Bertz CT molecular complexity index is 641. The molecule has 0 aromatic heterocycles. The molecule has 2 aliphatic heterocycles. The molecule has 2 heterocycles. The van der Waals surface area contributed by atoms with Crippen LogP contribution in [0.5, 0.6) is 0 Å². The van der Waals surface area contributed by atoms with Crippen LogP contribution in [0.1, 0.15) is 41.6 Å². The molecule has 0 spiro atoms. The summed E-state index contributed by atoms with van der Waals surface area (Å²) >= 11 is 0. The number of benzene rings is 1. The van der Waals surface area contributed by atoms with E-state index in [0.717, 1.165) is 43.6 Å². The third-order valence-corrected chi connectivity index (χ3v) is 5.30. The Morgan fingerprint density at radius 1 is 1.22 bits per heavy atom. The van der Waals surface area contributed by atoms with Crippen molar-refractivity contribution in [2.45, 2.75) is 32.6 Å². The summed E-state index contributed by atoms with van der Waals surface area (Å²) in [6.07, 6.45) is 3.76. The van der Waals surface area contributed by atoms with E-state index in [-0.39, 0.29) is 24.2 Å². The van der Waals surface area contributed by atoms with Crippen molar-refractivity contribution in [1.82, 2.24) is 10.2 Å². The minimum absolute atomic E-state index is 0. The molecule has 1 aromatic rings. The number of amides is 2.